The third-order valence-corrected chi connectivity index (χ3v) is 5.11. The number of para-hydroxylation sites is 1. The minimum absolute atomic E-state index is 0.0288. The maximum atomic E-state index is 13.4. The molecule has 4 aromatic rings. The van der Waals surface area contributed by atoms with Crippen LogP contribution in [-0.2, 0) is 22.6 Å². The Labute approximate surface area is 199 Å². The van der Waals surface area contributed by atoms with Crippen molar-refractivity contribution < 1.29 is 18.7 Å². The fourth-order valence-corrected chi connectivity index (χ4v) is 3.69. The molecule has 0 aliphatic carbocycles. The summed E-state index contributed by atoms with van der Waals surface area (Å²) in [5, 5.41) is 8.11. The van der Waals surface area contributed by atoms with E-state index in [0.29, 0.717) is 11.3 Å². The lowest BCUT2D eigenvalue weighted by Gasteiger charge is -2.24. The molecule has 0 saturated carbocycles. The average molecular weight is 480 g/mol. The predicted molar refractivity (Wildman–Crippen MR) is 124 cm³/mol. The molecule has 0 saturated heterocycles. The highest BCUT2D eigenvalue weighted by Crippen LogP contribution is 2.30. The molecule has 0 radical (unpaired) electrons. The molecule has 0 amide bonds. The Bertz CT molecular complexity index is 1470. The molecule has 0 spiro atoms. The molecule has 0 unspecified atom stereocenters. The molecule has 3 aromatic heterocycles. The van der Waals surface area contributed by atoms with Crippen LogP contribution in [0.1, 0.15) is 32.4 Å². The van der Waals surface area contributed by atoms with E-state index in [9.17, 15) is 14.4 Å². The molecule has 3 heterocycles. The summed E-state index contributed by atoms with van der Waals surface area (Å²) in [6.45, 7) is 4.56. The van der Waals surface area contributed by atoms with Crippen LogP contribution in [0.3, 0.4) is 0 Å². The van der Waals surface area contributed by atoms with Crippen molar-refractivity contribution in [3.8, 4) is 17.5 Å². The highest BCUT2D eigenvalue weighted by molar-refractivity contribution is 5.76. The van der Waals surface area contributed by atoms with E-state index in [2.05, 4.69) is 20.2 Å². The van der Waals surface area contributed by atoms with E-state index >= 15 is 0 Å². The second-order valence-corrected chi connectivity index (χ2v) is 8.05. The van der Waals surface area contributed by atoms with Crippen LogP contribution < -0.4 is 16.0 Å². The minimum atomic E-state index is -0.766. The molecule has 1 aromatic carbocycles. The molecular formula is C23H24N6O6. The van der Waals surface area contributed by atoms with Crippen LogP contribution in [0.25, 0.3) is 22.9 Å². The van der Waals surface area contributed by atoms with Crippen LogP contribution in [0, 0.1) is 0 Å². The molecule has 1 atom stereocenters. The normalized spacial score (nSPS) is 12.3. The molecule has 12 heteroatoms. The number of rotatable bonds is 9. The summed E-state index contributed by atoms with van der Waals surface area (Å²) in [4.78, 5) is 46.7. The van der Waals surface area contributed by atoms with E-state index in [4.69, 9.17) is 13.9 Å². The quantitative estimate of drug-likeness (QED) is 0.347. The lowest BCUT2D eigenvalue weighted by molar-refractivity contribution is -0.117. The second-order valence-electron chi connectivity index (χ2n) is 8.05. The Morgan fingerprint density at radius 3 is 2.57 bits per heavy atom. The number of benzene rings is 1. The van der Waals surface area contributed by atoms with Gasteiger partial charge in [0, 0.05) is 5.56 Å². The fourth-order valence-electron chi connectivity index (χ4n) is 3.69. The number of ether oxygens (including phenoxy) is 2. The first-order valence-corrected chi connectivity index (χ1v) is 10.9. The number of carbonyl (C=O) groups is 1. The maximum absolute atomic E-state index is 13.4. The van der Waals surface area contributed by atoms with Gasteiger partial charge in [0.1, 0.15) is 23.9 Å². The lowest BCUT2D eigenvalue weighted by atomic mass is 10.1. The monoisotopic (exact) mass is 480 g/mol. The molecule has 0 bridgehead atoms. The van der Waals surface area contributed by atoms with Crippen LogP contribution >= 0.6 is 0 Å². The van der Waals surface area contributed by atoms with Gasteiger partial charge >= 0.3 is 5.69 Å². The number of fused-ring (bicyclic) bond motifs is 1. The summed E-state index contributed by atoms with van der Waals surface area (Å²) >= 11 is 0. The zero-order valence-electron chi connectivity index (χ0n) is 19.7. The molecule has 0 aliphatic rings. The summed E-state index contributed by atoms with van der Waals surface area (Å²) in [6, 6.07) is 7.27. The van der Waals surface area contributed by atoms with Gasteiger partial charge < -0.3 is 13.9 Å². The van der Waals surface area contributed by atoms with Gasteiger partial charge in [0.2, 0.25) is 5.82 Å². The minimum Gasteiger partial charge on any atom is -0.496 e. The molecular weight excluding hydrogens is 456 g/mol. The van der Waals surface area contributed by atoms with E-state index in [0.717, 1.165) is 4.57 Å². The van der Waals surface area contributed by atoms with E-state index in [1.165, 1.54) is 24.0 Å². The van der Waals surface area contributed by atoms with Crippen molar-refractivity contribution in [3.63, 3.8) is 0 Å². The number of methoxy groups -OCH3 is 1. The summed E-state index contributed by atoms with van der Waals surface area (Å²) in [7, 11) is 1.54. The molecule has 4 rings (SSSR count). The molecule has 0 N–H and O–H groups in total. The summed E-state index contributed by atoms with van der Waals surface area (Å²) < 4.78 is 18.9. The predicted octanol–water partition coefficient (Wildman–Crippen LogP) is 1.77. The SMILES string of the molecule is COc1ccccc1[C@H](Cn1c(=O)n(CC(C)=O)c(=O)c2nc(-c3ncco3)nnc21)OC(C)C. The first kappa shape index (κ1) is 24.0. The van der Waals surface area contributed by atoms with E-state index in [1.54, 1.807) is 13.2 Å². The number of nitrogens with zero attached hydrogens (tertiary/aromatic N) is 6. The van der Waals surface area contributed by atoms with Gasteiger partial charge in [-0.05, 0) is 26.8 Å². The van der Waals surface area contributed by atoms with Crippen molar-refractivity contribution in [2.24, 2.45) is 0 Å². The van der Waals surface area contributed by atoms with Crippen molar-refractivity contribution >= 4 is 16.9 Å². The van der Waals surface area contributed by atoms with Crippen LogP contribution in [0.15, 0.2) is 50.7 Å². The van der Waals surface area contributed by atoms with Gasteiger partial charge in [-0.2, -0.15) is 0 Å². The molecule has 0 aliphatic heterocycles. The molecule has 35 heavy (non-hydrogen) atoms. The number of ketones is 1. The van der Waals surface area contributed by atoms with E-state index < -0.39 is 23.9 Å². The van der Waals surface area contributed by atoms with Crippen LogP contribution in [0.2, 0.25) is 0 Å². The van der Waals surface area contributed by atoms with Crippen molar-refractivity contribution in [2.45, 2.75) is 46.1 Å². The molecule has 12 nitrogen and oxygen atoms in total. The number of hydrogen-bond donors (Lipinski definition) is 0. The average Bonchev–Trinajstić information content (AvgIpc) is 3.38. The fraction of sp³-hybridized carbons (Fsp3) is 0.348. The van der Waals surface area contributed by atoms with Gasteiger partial charge in [0.25, 0.3) is 11.4 Å². The molecule has 0 fully saturated rings. The summed E-state index contributed by atoms with van der Waals surface area (Å²) in [5.74, 6) is 0.233. The van der Waals surface area contributed by atoms with Gasteiger partial charge in [-0.15, -0.1) is 10.2 Å². The van der Waals surface area contributed by atoms with Crippen LogP contribution in [0.4, 0.5) is 0 Å². The third kappa shape index (κ3) is 4.87. The van der Waals surface area contributed by atoms with Gasteiger partial charge in [0.05, 0.1) is 32.5 Å². The largest absolute Gasteiger partial charge is 0.496 e. The van der Waals surface area contributed by atoms with Crippen LogP contribution in [-0.4, -0.2) is 48.3 Å². The number of Topliss-reactive ketones (excluding diaryl/α,β-unsaturated/α-hetero) is 1. The van der Waals surface area contributed by atoms with Gasteiger partial charge in [-0.25, -0.2) is 14.8 Å². The Morgan fingerprint density at radius 2 is 1.91 bits per heavy atom. The number of hydrogen-bond acceptors (Lipinski definition) is 10. The maximum Gasteiger partial charge on any atom is 0.333 e. The van der Waals surface area contributed by atoms with Crippen molar-refractivity contribution in [1.29, 1.82) is 0 Å². The van der Waals surface area contributed by atoms with Crippen molar-refractivity contribution in [1.82, 2.24) is 29.3 Å². The van der Waals surface area contributed by atoms with E-state index in [1.807, 2.05) is 32.0 Å². The summed E-state index contributed by atoms with van der Waals surface area (Å²) in [6.07, 6.45) is 1.89. The summed E-state index contributed by atoms with van der Waals surface area (Å²) in [5.41, 5.74) is -1.01. The first-order valence-electron chi connectivity index (χ1n) is 10.9. The van der Waals surface area contributed by atoms with Crippen LogP contribution in [0.5, 0.6) is 5.75 Å². The Morgan fingerprint density at radius 1 is 1.14 bits per heavy atom. The smallest absolute Gasteiger partial charge is 0.333 e. The highest BCUT2D eigenvalue weighted by Gasteiger charge is 2.25. The van der Waals surface area contributed by atoms with Gasteiger partial charge in [-0.3, -0.25) is 18.7 Å². The van der Waals surface area contributed by atoms with Crippen molar-refractivity contribution in [2.75, 3.05) is 7.11 Å². The zero-order valence-corrected chi connectivity index (χ0v) is 19.7. The standard InChI is InChI=1S/C23H24N6O6/c1-13(2)35-17(15-7-5-6-8-16(15)33-4)12-28-20-18(22(31)29(23(28)32)11-14(3)30)25-19(26-27-20)21-24-9-10-34-21/h5-10,13,17H,11-12H2,1-4H3/t17-/m0/s1. The Balaban J connectivity index is 1.94. The highest BCUT2D eigenvalue weighted by atomic mass is 16.5. The van der Waals surface area contributed by atoms with Crippen molar-refractivity contribution in [3.05, 3.63) is 63.1 Å². The first-order chi connectivity index (χ1) is 16.8. The Hall–Kier alpha value is -4.19. The molecule has 182 valence electrons. The second kappa shape index (κ2) is 9.97. The number of carbonyl (C=O) groups excluding carboxylic acids is 1. The zero-order chi connectivity index (χ0) is 25.1. The number of aromatic nitrogens is 6. The lowest BCUT2D eigenvalue weighted by Crippen LogP contribution is -2.43. The topological polar surface area (TPSA) is 144 Å². The van der Waals surface area contributed by atoms with E-state index in [-0.39, 0.29) is 41.3 Å². The Kier molecular flexibility index (Phi) is 6.82. The van der Waals surface area contributed by atoms with Gasteiger partial charge in [0.15, 0.2) is 11.2 Å². The number of oxazole rings is 1. The third-order valence-electron chi connectivity index (χ3n) is 5.11. The van der Waals surface area contributed by atoms with Gasteiger partial charge in [-0.1, -0.05) is 18.2 Å².